The van der Waals surface area contributed by atoms with Gasteiger partial charge < -0.3 is 19.6 Å². The lowest BCUT2D eigenvalue weighted by Crippen LogP contribution is -2.43. The van der Waals surface area contributed by atoms with E-state index in [2.05, 4.69) is 41.1 Å². The molecule has 0 spiro atoms. The number of piperidine rings is 1. The summed E-state index contributed by atoms with van der Waals surface area (Å²) in [6.45, 7) is 4.31. The molecule has 1 atom stereocenters. The maximum atomic E-state index is 11.7. The monoisotopic (exact) mass is 436 g/mol. The van der Waals surface area contributed by atoms with Gasteiger partial charge in [-0.1, -0.05) is 35.9 Å². The van der Waals surface area contributed by atoms with Gasteiger partial charge in [-0.2, -0.15) is 0 Å². The van der Waals surface area contributed by atoms with Crippen molar-refractivity contribution in [2.24, 2.45) is 0 Å². The molecule has 7 heteroatoms. The Bertz CT molecular complexity index is 1070. The highest BCUT2D eigenvalue weighted by Crippen LogP contribution is 2.29. The summed E-state index contributed by atoms with van der Waals surface area (Å²) in [5.41, 5.74) is 3.55. The first kappa shape index (κ1) is 21.9. The zero-order valence-electron chi connectivity index (χ0n) is 18.1. The lowest BCUT2D eigenvalue weighted by atomic mass is 9.89. The Morgan fingerprint density at radius 3 is 2.59 bits per heavy atom. The van der Waals surface area contributed by atoms with Crippen molar-refractivity contribution < 1.29 is 24.2 Å². The van der Waals surface area contributed by atoms with Crippen LogP contribution in [-0.4, -0.2) is 59.3 Å². The summed E-state index contributed by atoms with van der Waals surface area (Å²) in [7, 11) is 0. The number of esters is 1. The van der Waals surface area contributed by atoms with E-state index in [1.807, 2.05) is 30.5 Å². The summed E-state index contributed by atoms with van der Waals surface area (Å²) in [5, 5.41) is 9.91. The second-order valence-electron chi connectivity index (χ2n) is 8.32. The van der Waals surface area contributed by atoms with E-state index >= 15 is 0 Å². The van der Waals surface area contributed by atoms with Gasteiger partial charge in [-0.3, -0.25) is 4.90 Å². The van der Waals surface area contributed by atoms with E-state index in [4.69, 9.17) is 14.6 Å². The van der Waals surface area contributed by atoms with Crippen molar-refractivity contribution in [2.45, 2.75) is 31.8 Å². The number of ether oxygens (including phenoxy) is 2. The lowest BCUT2D eigenvalue weighted by Gasteiger charge is -2.34. The van der Waals surface area contributed by atoms with Crippen LogP contribution in [0.3, 0.4) is 0 Å². The molecule has 1 aliphatic heterocycles. The highest BCUT2D eigenvalue weighted by molar-refractivity contribution is 6.28. The molecule has 168 valence electrons. The summed E-state index contributed by atoms with van der Waals surface area (Å²) in [6.07, 6.45) is 3.17. The number of aromatic amines is 1. The van der Waals surface area contributed by atoms with Crippen LogP contribution >= 0.6 is 0 Å². The van der Waals surface area contributed by atoms with Crippen molar-refractivity contribution in [1.29, 1.82) is 0 Å². The van der Waals surface area contributed by atoms with Crippen LogP contribution in [0.25, 0.3) is 10.9 Å². The van der Waals surface area contributed by atoms with Crippen LogP contribution in [0, 0.1) is 6.92 Å². The predicted molar refractivity (Wildman–Crippen MR) is 121 cm³/mol. The largest absolute Gasteiger partial charge is 0.489 e. The Hall–Kier alpha value is -3.32. The van der Waals surface area contributed by atoms with Crippen molar-refractivity contribution in [3.8, 4) is 5.75 Å². The van der Waals surface area contributed by atoms with Gasteiger partial charge in [0.2, 0.25) is 0 Å². The number of carboxylic acid groups (broad SMARTS) is 1. The number of aryl methyl sites for hydroxylation is 1. The SMILES string of the molecule is Cc1ccc(C2CCN(C[C@@H](COc3cccc4[nH]ccc34)OC(=O)C(=O)O)CC2)cc1. The summed E-state index contributed by atoms with van der Waals surface area (Å²) in [6, 6.07) is 16.3. The second kappa shape index (κ2) is 9.87. The first-order valence-electron chi connectivity index (χ1n) is 10.9. The van der Waals surface area contributed by atoms with Gasteiger partial charge in [0, 0.05) is 23.6 Å². The number of benzene rings is 2. The quantitative estimate of drug-likeness (QED) is 0.433. The fourth-order valence-electron chi connectivity index (χ4n) is 4.27. The van der Waals surface area contributed by atoms with Gasteiger partial charge in [0.15, 0.2) is 0 Å². The van der Waals surface area contributed by atoms with Gasteiger partial charge in [0.25, 0.3) is 0 Å². The molecule has 1 fully saturated rings. The van der Waals surface area contributed by atoms with E-state index in [1.165, 1.54) is 11.1 Å². The third-order valence-corrected chi connectivity index (χ3v) is 6.03. The average Bonchev–Trinajstić information content (AvgIpc) is 3.28. The highest BCUT2D eigenvalue weighted by atomic mass is 16.6. The number of carbonyl (C=O) groups is 2. The van der Waals surface area contributed by atoms with Gasteiger partial charge in [-0.05, 0) is 62.5 Å². The molecule has 32 heavy (non-hydrogen) atoms. The molecule has 0 unspecified atom stereocenters. The standard InChI is InChI=1S/C25H28N2O5/c1-17-5-7-18(8-6-17)19-10-13-27(14-11-19)15-20(32-25(30)24(28)29)16-31-23-4-2-3-22-21(23)9-12-26-22/h2-9,12,19-20,26H,10-11,13-16H2,1H3,(H,28,29)/t20-/m0/s1. The summed E-state index contributed by atoms with van der Waals surface area (Å²) >= 11 is 0. The minimum Gasteiger partial charge on any atom is -0.489 e. The zero-order chi connectivity index (χ0) is 22.5. The molecule has 1 aromatic heterocycles. The minimum atomic E-state index is -1.60. The van der Waals surface area contributed by atoms with Gasteiger partial charge in [0.05, 0.1) is 0 Å². The van der Waals surface area contributed by atoms with Crippen molar-refractivity contribution in [3.63, 3.8) is 0 Å². The van der Waals surface area contributed by atoms with Crippen LogP contribution in [0.5, 0.6) is 5.75 Å². The number of hydrogen-bond acceptors (Lipinski definition) is 5. The Morgan fingerprint density at radius 2 is 1.88 bits per heavy atom. The van der Waals surface area contributed by atoms with E-state index in [0.29, 0.717) is 18.2 Å². The number of carboxylic acids is 1. The number of rotatable bonds is 7. The van der Waals surface area contributed by atoms with E-state index in [-0.39, 0.29) is 6.61 Å². The number of aliphatic carboxylic acids is 1. The molecule has 1 aliphatic rings. The lowest BCUT2D eigenvalue weighted by molar-refractivity contribution is -0.169. The van der Waals surface area contributed by atoms with Crippen LogP contribution in [-0.2, 0) is 14.3 Å². The van der Waals surface area contributed by atoms with Crippen LogP contribution in [0.15, 0.2) is 54.7 Å². The molecule has 0 aliphatic carbocycles. The molecular weight excluding hydrogens is 408 g/mol. The fraction of sp³-hybridized carbons (Fsp3) is 0.360. The molecule has 0 amide bonds. The molecule has 1 saturated heterocycles. The number of hydrogen-bond donors (Lipinski definition) is 2. The van der Waals surface area contributed by atoms with E-state index in [0.717, 1.165) is 36.8 Å². The molecule has 4 rings (SSSR count). The average molecular weight is 437 g/mol. The first-order valence-corrected chi connectivity index (χ1v) is 10.9. The minimum absolute atomic E-state index is 0.0845. The first-order chi connectivity index (χ1) is 15.5. The number of fused-ring (bicyclic) bond motifs is 1. The Labute approximate surface area is 186 Å². The number of nitrogens with zero attached hydrogens (tertiary/aromatic N) is 1. The summed E-state index contributed by atoms with van der Waals surface area (Å²) < 4.78 is 11.2. The maximum Gasteiger partial charge on any atom is 0.417 e. The molecule has 0 saturated carbocycles. The van der Waals surface area contributed by atoms with Crippen molar-refractivity contribution in [1.82, 2.24) is 9.88 Å². The number of aromatic nitrogens is 1. The molecular formula is C25H28N2O5. The van der Waals surface area contributed by atoms with Crippen LogP contribution in [0.1, 0.15) is 29.9 Å². The van der Waals surface area contributed by atoms with Crippen molar-refractivity contribution in [2.75, 3.05) is 26.2 Å². The van der Waals surface area contributed by atoms with E-state index in [9.17, 15) is 9.59 Å². The zero-order valence-corrected chi connectivity index (χ0v) is 18.1. The molecule has 0 radical (unpaired) electrons. The molecule has 0 bridgehead atoms. The molecule has 7 nitrogen and oxygen atoms in total. The van der Waals surface area contributed by atoms with Crippen LogP contribution in [0.2, 0.25) is 0 Å². The maximum absolute atomic E-state index is 11.7. The van der Waals surface area contributed by atoms with Crippen molar-refractivity contribution >= 4 is 22.8 Å². The predicted octanol–water partition coefficient (Wildman–Crippen LogP) is 3.73. The summed E-state index contributed by atoms with van der Waals surface area (Å²) in [5.74, 6) is -1.68. The van der Waals surface area contributed by atoms with Crippen LogP contribution < -0.4 is 4.74 Å². The number of nitrogens with one attached hydrogen (secondary N) is 1. The molecule has 2 heterocycles. The topological polar surface area (TPSA) is 91.9 Å². The van der Waals surface area contributed by atoms with E-state index in [1.54, 1.807) is 0 Å². The Balaban J connectivity index is 1.37. The van der Waals surface area contributed by atoms with Gasteiger partial charge in [0.1, 0.15) is 18.5 Å². The number of carbonyl (C=O) groups excluding carboxylic acids is 1. The van der Waals surface area contributed by atoms with Gasteiger partial charge in [-0.25, -0.2) is 9.59 Å². The van der Waals surface area contributed by atoms with Crippen molar-refractivity contribution in [3.05, 3.63) is 65.9 Å². The molecule has 3 aromatic rings. The summed E-state index contributed by atoms with van der Waals surface area (Å²) in [4.78, 5) is 28.1. The normalized spacial score (nSPS) is 16.0. The molecule has 2 N–H and O–H groups in total. The van der Waals surface area contributed by atoms with E-state index < -0.39 is 18.0 Å². The molecule has 2 aromatic carbocycles. The van der Waals surface area contributed by atoms with Crippen LogP contribution in [0.4, 0.5) is 0 Å². The third kappa shape index (κ3) is 5.29. The Morgan fingerprint density at radius 1 is 1.12 bits per heavy atom. The highest BCUT2D eigenvalue weighted by Gasteiger charge is 2.27. The second-order valence-corrected chi connectivity index (χ2v) is 8.32. The Kier molecular flexibility index (Phi) is 6.75. The number of likely N-dealkylation sites (tertiary alicyclic amines) is 1. The smallest absolute Gasteiger partial charge is 0.417 e. The number of H-pyrrole nitrogens is 1. The van der Waals surface area contributed by atoms with Gasteiger partial charge in [-0.15, -0.1) is 0 Å². The fourth-order valence-corrected chi connectivity index (χ4v) is 4.27. The van der Waals surface area contributed by atoms with Gasteiger partial charge >= 0.3 is 11.9 Å². The third-order valence-electron chi connectivity index (χ3n) is 6.03.